The SMILES string of the molecule is ClC=Cc1ccccc1.O. The van der Waals surface area contributed by atoms with E-state index in [9.17, 15) is 0 Å². The Labute approximate surface area is 65.3 Å². The van der Waals surface area contributed by atoms with Gasteiger partial charge in [-0.15, -0.1) is 0 Å². The third-order valence-corrected chi connectivity index (χ3v) is 1.18. The lowest BCUT2D eigenvalue weighted by Gasteiger charge is -1.86. The van der Waals surface area contributed by atoms with Crippen molar-refractivity contribution in [2.75, 3.05) is 0 Å². The molecule has 2 N–H and O–H groups in total. The highest BCUT2D eigenvalue weighted by atomic mass is 35.5. The third-order valence-electron chi connectivity index (χ3n) is 1.06. The molecule has 10 heavy (non-hydrogen) atoms. The smallest absolute Gasteiger partial charge is 0.00484 e. The summed E-state index contributed by atoms with van der Waals surface area (Å²) in [6.07, 6.45) is 1.85. The van der Waals surface area contributed by atoms with Crippen molar-refractivity contribution in [3.63, 3.8) is 0 Å². The first-order valence-corrected chi connectivity index (χ1v) is 3.19. The van der Waals surface area contributed by atoms with Gasteiger partial charge in [0, 0.05) is 5.54 Å². The van der Waals surface area contributed by atoms with Crippen LogP contribution in [0.4, 0.5) is 0 Å². The number of halogens is 1. The third kappa shape index (κ3) is 2.67. The van der Waals surface area contributed by atoms with Gasteiger partial charge in [0.25, 0.3) is 0 Å². The molecule has 1 rings (SSSR count). The van der Waals surface area contributed by atoms with E-state index < -0.39 is 0 Å². The highest BCUT2D eigenvalue weighted by Gasteiger charge is 1.78. The van der Waals surface area contributed by atoms with Gasteiger partial charge in [-0.3, -0.25) is 0 Å². The van der Waals surface area contributed by atoms with Crippen LogP contribution < -0.4 is 0 Å². The summed E-state index contributed by atoms with van der Waals surface area (Å²) < 4.78 is 0. The predicted octanol–water partition coefficient (Wildman–Crippen LogP) is 2.07. The maximum Gasteiger partial charge on any atom is 0.00484 e. The first kappa shape index (κ1) is 9.21. The van der Waals surface area contributed by atoms with Crippen molar-refractivity contribution >= 4 is 17.7 Å². The zero-order chi connectivity index (χ0) is 6.53. The van der Waals surface area contributed by atoms with Gasteiger partial charge in [0.15, 0.2) is 0 Å². The van der Waals surface area contributed by atoms with E-state index in [1.807, 2.05) is 36.4 Å². The Morgan fingerprint density at radius 2 is 1.70 bits per heavy atom. The summed E-state index contributed by atoms with van der Waals surface area (Å²) in [6.45, 7) is 0. The van der Waals surface area contributed by atoms with Gasteiger partial charge in [0.2, 0.25) is 0 Å². The quantitative estimate of drug-likeness (QED) is 0.596. The van der Waals surface area contributed by atoms with Crippen LogP contribution in [0, 0.1) is 0 Å². The lowest BCUT2D eigenvalue weighted by atomic mass is 10.2. The van der Waals surface area contributed by atoms with Crippen molar-refractivity contribution in [3.8, 4) is 0 Å². The molecule has 54 valence electrons. The van der Waals surface area contributed by atoms with Gasteiger partial charge < -0.3 is 5.48 Å². The molecule has 0 aliphatic heterocycles. The summed E-state index contributed by atoms with van der Waals surface area (Å²) in [5.41, 5.74) is 2.64. The first-order chi connectivity index (χ1) is 4.43. The Morgan fingerprint density at radius 1 is 1.10 bits per heavy atom. The van der Waals surface area contributed by atoms with E-state index in [4.69, 9.17) is 11.6 Å². The maximum absolute atomic E-state index is 5.36. The summed E-state index contributed by atoms with van der Waals surface area (Å²) in [6, 6.07) is 9.93. The Kier molecular flexibility index (Phi) is 4.63. The van der Waals surface area contributed by atoms with Crippen LogP contribution in [-0.4, -0.2) is 5.48 Å². The minimum atomic E-state index is 0. The summed E-state index contributed by atoms with van der Waals surface area (Å²) in [7, 11) is 0. The molecule has 0 radical (unpaired) electrons. The lowest BCUT2D eigenvalue weighted by Crippen LogP contribution is -1.64. The van der Waals surface area contributed by atoms with Crippen LogP contribution in [0.25, 0.3) is 6.08 Å². The van der Waals surface area contributed by atoms with E-state index in [2.05, 4.69) is 0 Å². The van der Waals surface area contributed by atoms with Crippen LogP contribution in [0.2, 0.25) is 0 Å². The monoisotopic (exact) mass is 156 g/mol. The fourth-order valence-corrected chi connectivity index (χ4v) is 0.782. The molecule has 0 fully saturated rings. The number of rotatable bonds is 1. The van der Waals surface area contributed by atoms with Crippen LogP contribution in [0.3, 0.4) is 0 Å². The van der Waals surface area contributed by atoms with Crippen molar-refractivity contribution in [3.05, 3.63) is 41.4 Å². The van der Waals surface area contributed by atoms with Crippen LogP contribution in [0.5, 0.6) is 0 Å². The van der Waals surface area contributed by atoms with Gasteiger partial charge in [-0.1, -0.05) is 41.9 Å². The van der Waals surface area contributed by atoms with Crippen LogP contribution in [0.1, 0.15) is 5.56 Å². The molecule has 1 nitrogen and oxygen atoms in total. The van der Waals surface area contributed by atoms with Gasteiger partial charge in [-0.05, 0) is 11.6 Å². The molecule has 0 bridgehead atoms. The van der Waals surface area contributed by atoms with E-state index >= 15 is 0 Å². The van der Waals surface area contributed by atoms with Gasteiger partial charge in [-0.2, -0.15) is 0 Å². The van der Waals surface area contributed by atoms with Crippen molar-refractivity contribution in [2.45, 2.75) is 0 Å². The minimum Gasteiger partial charge on any atom is -0.412 e. The molecule has 0 saturated heterocycles. The normalized spacial score (nSPS) is 9.30. The highest BCUT2D eigenvalue weighted by molar-refractivity contribution is 6.27. The highest BCUT2D eigenvalue weighted by Crippen LogP contribution is 2.00. The molecule has 0 aromatic heterocycles. The second kappa shape index (κ2) is 5.03. The number of hydrogen-bond acceptors (Lipinski definition) is 0. The van der Waals surface area contributed by atoms with E-state index in [1.54, 1.807) is 0 Å². The summed E-state index contributed by atoms with van der Waals surface area (Å²) in [5, 5.41) is 0. The largest absolute Gasteiger partial charge is 0.412 e. The molecule has 0 heterocycles. The molecule has 1 aromatic carbocycles. The number of benzene rings is 1. The molecule has 2 heteroatoms. The zero-order valence-corrected chi connectivity index (χ0v) is 6.18. The topological polar surface area (TPSA) is 31.5 Å². The molecule has 0 amide bonds. The van der Waals surface area contributed by atoms with Gasteiger partial charge >= 0.3 is 0 Å². The van der Waals surface area contributed by atoms with Crippen LogP contribution in [0.15, 0.2) is 35.9 Å². The van der Waals surface area contributed by atoms with Gasteiger partial charge in [0.05, 0.1) is 0 Å². The predicted molar refractivity (Wildman–Crippen MR) is 44.9 cm³/mol. The zero-order valence-electron chi connectivity index (χ0n) is 5.42. The van der Waals surface area contributed by atoms with Crippen molar-refractivity contribution in [1.29, 1.82) is 0 Å². The fraction of sp³-hybridized carbons (Fsp3) is 0. The van der Waals surface area contributed by atoms with Gasteiger partial charge in [0.1, 0.15) is 0 Å². The average Bonchev–Trinajstić information content (AvgIpc) is 1.91. The van der Waals surface area contributed by atoms with E-state index in [1.165, 1.54) is 5.54 Å². The maximum atomic E-state index is 5.36. The number of hydrogen-bond donors (Lipinski definition) is 0. The lowest BCUT2D eigenvalue weighted by molar-refractivity contribution is 0.824. The molecule has 0 unspecified atom stereocenters. The molecule has 0 atom stereocenters. The van der Waals surface area contributed by atoms with Crippen molar-refractivity contribution in [2.24, 2.45) is 0 Å². The first-order valence-electron chi connectivity index (χ1n) is 2.75. The second-order valence-corrected chi connectivity index (χ2v) is 1.96. The van der Waals surface area contributed by atoms with Crippen molar-refractivity contribution in [1.82, 2.24) is 0 Å². The van der Waals surface area contributed by atoms with E-state index in [-0.39, 0.29) is 5.48 Å². The van der Waals surface area contributed by atoms with Crippen molar-refractivity contribution < 1.29 is 5.48 Å². The van der Waals surface area contributed by atoms with Crippen LogP contribution in [-0.2, 0) is 0 Å². The average molecular weight is 157 g/mol. The van der Waals surface area contributed by atoms with E-state index in [0.717, 1.165) is 5.56 Å². The molecular weight excluding hydrogens is 148 g/mol. The Bertz CT molecular complexity index is 194. The second-order valence-electron chi connectivity index (χ2n) is 1.70. The molecule has 0 spiro atoms. The minimum absolute atomic E-state index is 0. The molecule has 1 aromatic rings. The molecule has 0 aliphatic carbocycles. The Hall–Kier alpha value is -0.790. The van der Waals surface area contributed by atoms with Gasteiger partial charge in [-0.25, -0.2) is 0 Å². The standard InChI is InChI=1S/C8H7Cl.H2O/c9-7-6-8-4-2-1-3-5-8;/h1-7H;1H2. The van der Waals surface area contributed by atoms with E-state index in [0.29, 0.717) is 0 Å². The fourth-order valence-electron chi connectivity index (χ4n) is 0.637. The Balaban J connectivity index is 0.000000810. The molecule has 0 saturated carbocycles. The Morgan fingerprint density at radius 3 is 2.20 bits per heavy atom. The summed E-state index contributed by atoms with van der Waals surface area (Å²) in [5.74, 6) is 0. The summed E-state index contributed by atoms with van der Waals surface area (Å²) in [4.78, 5) is 0. The molecular formula is C8H9ClO. The van der Waals surface area contributed by atoms with Crippen LogP contribution >= 0.6 is 11.6 Å². The molecule has 0 aliphatic rings. The summed E-state index contributed by atoms with van der Waals surface area (Å²) >= 11 is 5.36.